The number of rotatable bonds is 2. The first kappa shape index (κ1) is 14.6. The number of aliphatic hydroxyl groups is 1. The molecule has 106 valence electrons. The molecule has 0 aliphatic carbocycles. The predicted molar refractivity (Wildman–Crippen MR) is 80.5 cm³/mol. The summed E-state index contributed by atoms with van der Waals surface area (Å²) in [6.07, 6.45) is 3.23. The Labute approximate surface area is 120 Å². The molecule has 1 aliphatic rings. The van der Waals surface area contributed by atoms with E-state index in [0.717, 1.165) is 24.1 Å². The molecule has 0 bridgehead atoms. The monoisotopic (exact) mass is 271 g/mol. The van der Waals surface area contributed by atoms with Crippen LogP contribution in [-0.4, -0.2) is 24.7 Å². The van der Waals surface area contributed by atoms with Crippen LogP contribution in [0.1, 0.15) is 37.3 Å². The van der Waals surface area contributed by atoms with E-state index in [1.807, 2.05) is 26.1 Å². The van der Waals surface area contributed by atoms with E-state index >= 15 is 0 Å². The van der Waals surface area contributed by atoms with Gasteiger partial charge in [-0.3, -0.25) is 4.79 Å². The van der Waals surface area contributed by atoms with Crippen LogP contribution in [0.5, 0.6) is 0 Å². The molecule has 0 fully saturated rings. The molecular weight excluding hydrogens is 250 g/mol. The number of aliphatic hydroxyl groups excluding tert-OH is 1. The van der Waals surface area contributed by atoms with Gasteiger partial charge in [-0.1, -0.05) is 24.8 Å². The molecule has 1 atom stereocenters. The number of carbonyl (C=O) groups is 1. The Morgan fingerprint density at radius 1 is 1.45 bits per heavy atom. The van der Waals surface area contributed by atoms with E-state index in [9.17, 15) is 4.79 Å². The first-order chi connectivity index (χ1) is 9.63. The molecule has 0 saturated carbocycles. The molecular formula is C17H21NO2. The van der Waals surface area contributed by atoms with Gasteiger partial charge in [0.05, 0.1) is 0 Å². The van der Waals surface area contributed by atoms with Gasteiger partial charge in [-0.15, -0.1) is 0 Å². The zero-order valence-corrected chi connectivity index (χ0v) is 12.1. The third-order valence-corrected chi connectivity index (χ3v) is 3.74. The summed E-state index contributed by atoms with van der Waals surface area (Å²) in [5.41, 5.74) is 3.12. The maximum absolute atomic E-state index is 12.2. The summed E-state index contributed by atoms with van der Waals surface area (Å²) in [5, 5.41) is 8.73. The summed E-state index contributed by atoms with van der Waals surface area (Å²) in [5.74, 6) is 6.39. The minimum absolute atomic E-state index is 0.0755. The number of aryl methyl sites for hydroxylation is 1. The summed E-state index contributed by atoms with van der Waals surface area (Å²) in [7, 11) is 1.84. The highest BCUT2D eigenvalue weighted by atomic mass is 16.2. The highest BCUT2D eigenvalue weighted by molar-refractivity contribution is 5.96. The third-order valence-electron chi connectivity index (χ3n) is 3.74. The highest BCUT2D eigenvalue weighted by Gasteiger charge is 2.24. The van der Waals surface area contributed by atoms with E-state index in [1.54, 1.807) is 4.90 Å². The summed E-state index contributed by atoms with van der Waals surface area (Å²) in [6, 6.07) is 6.09. The average molecular weight is 271 g/mol. The van der Waals surface area contributed by atoms with Crippen molar-refractivity contribution in [2.45, 2.75) is 32.6 Å². The standard InChI is InChI=1S/C17H21NO2/c1-13-7-9-15-10-8-14(6-4-3-5-11-19)12-16(15)18(2)17(13)20/h8,10,12-13,19H,3,5,7,9,11H2,1-2H3/t13-/m0/s1. The second kappa shape index (κ2) is 6.58. The van der Waals surface area contributed by atoms with Gasteiger partial charge in [0.1, 0.15) is 0 Å². The summed E-state index contributed by atoms with van der Waals surface area (Å²) >= 11 is 0. The number of fused-ring (bicyclic) bond motifs is 1. The smallest absolute Gasteiger partial charge is 0.229 e. The van der Waals surface area contributed by atoms with Gasteiger partial charge >= 0.3 is 0 Å². The zero-order valence-electron chi connectivity index (χ0n) is 12.1. The Balaban J connectivity index is 2.25. The first-order valence-electron chi connectivity index (χ1n) is 7.13. The Morgan fingerprint density at radius 2 is 2.25 bits per heavy atom. The minimum Gasteiger partial charge on any atom is -0.396 e. The van der Waals surface area contributed by atoms with Crippen LogP contribution < -0.4 is 4.90 Å². The number of amides is 1. The number of carbonyl (C=O) groups excluding carboxylic acids is 1. The van der Waals surface area contributed by atoms with Gasteiger partial charge in [-0.2, -0.15) is 0 Å². The van der Waals surface area contributed by atoms with Gasteiger partial charge in [-0.05, 0) is 37.0 Å². The Kier molecular flexibility index (Phi) is 4.81. The Morgan fingerprint density at radius 3 is 3.00 bits per heavy atom. The molecule has 1 heterocycles. The van der Waals surface area contributed by atoms with E-state index in [2.05, 4.69) is 17.9 Å². The zero-order chi connectivity index (χ0) is 14.5. The lowest BCUT2D eigenvalue weighted by molar-refractivity contribution is -0.121. The number of nitrogens with zero attached hydrogens (tertiary/aromatic N) is 1. The van der Waals surface area contributed by atoms with Gasteiger partial charge in [0.25, 0.3) is 0 Å². The topological polar surface area (TPSA) is 40.5 Å². The molecule has 1 aromatic carbocycles. The molecule has 2 rings (SSSR count). The molecule has 1 N–H and O–H groups in total. The van der Waals surface area contributed by atoms with Crippen molar-refractivity contribution in [1.29, 1.82) is 0 Å². The highest BCUT2D eigenvalue weighted by Crippen LogP contribution is 2.29. The molecule has 3 nitrogen and oxygen atoms in total. The lowest BCUT2D eigenvalue weighted by Crippen LogP contribution is -2.30. The van der Waals surface area contributed by atoms with Gasteiger partial charge in [0, 0.05) is 37.2 Å². The van der Waals surface area contributed by atoms with Crippen LogP contribution >= 0.6 is 0 Å². The van der Waals surface area contributed by atoms with E-state index in [4.69, 9.17) is 5.11 Å². The fraction of sp³-hybridized carbons (Fsp3) is 0.471. The number of benzene rings is 1. The third kappa shape index (κ3) is 3.20. The van der Waals surface area contributed by atoms with Crippen molar-refractivity contribution in [3.63, 3.8) is 0 Å². The molecule has 3 heteroatoms. The summed E-state index contributed by atoms with van der Waals surface area (Å²) < 4.78 is 0. The molecule has 0 aromatic heterocycles. The van der Waals surface area contributed by atoms with Crippen molar-refractivity contribution in [2.75, 3.05) is 18.6 Å². The van der Waals surface area contributed by atoms with Crippen molar-refractivity contribution in [3.05, 3.63) is 29.3 Å². The van der Waals surface area contributed by atoms with Crippen molar-refractivity contribution in [1.82, 2.24) is 0 Å². The van der Waals surface area contributed by atoms with Crippen LogP contribution in [0.4, 0.5) is 5.69 Å². The molecule has 0 radical (unpaired) electrons. The SMILES string of the molecule is C[C@H]1CCc2ccc(C#CCCCO)cc2N(C)C1=O. The van der Waals surface area contributed by atoms with Crippen LogP contribution in [0.25, 0.3) is 0 Å². The van der Waals surface area contributed by atoms with Gasteiger partial charge < -0.3 is 10.0 Å². The average Bonchev–Trinajstić information content (AvgIpc) is 2.57. The summed E-state index contributed by atoms with van der Waals surface area (Å²) in [4.78, 5) is 13.9. The molecule has 0 saturated heterocycles. The van der Waals surface area contributed by atoms with Crippen molar-refractivity contribution in [3.8, 4) is 11.8 Å². The van der Waals surface area contributed by atoms with Crippen LogP contribution in [0.3, 0.4) is 0 Å². The number of hydrogen-bond donors (Lipinski definition) is 1. The fourth-order valence-electron chi connectivity index (χ4n) is 2.44. The predicted octanol–water partition coefficient (Wildman–Crippen LogP) is 2.36. The lowest BCUT2D eigenvalue weighted by atomic mass is 10.0. The molecule has 1 amide bonds. The lowest BCUT2D eigenvalue weighted by Gasteiger charge is -2.19. The molecule has 0 spiro atoms. The van der Waals surface area contributed by atoms with Crippen LogP contribution in [0.15, 0.2) is 18.2 Å². The second-order valence-corrected chi connectivity index (χ2v) is 5.31. The summed E-state index contributed by atoms with van der Waals surface area (Å²) in [6.45, 7) is 2.16. The van der Waals surface area contributed by atoms with E-state index < -0.39 is 0 Å². The van der Waals surface area contributed by atoms with Gasteiger partial charge in [0.2, 0.25) is 5.91 Å². The second-order valence-electron chi connectivity index (χ2n) is 5.31. The van der Waals surface area contributed by atoms with Crippen LogP contribution in [-0.2, 0) is 11.2 Å². The Hall–Kier alpha value is -1.79. The first-order valence-corrected chi connectivity index (χ1v) is 7.13. The number of hydrogen-bond acceptors (Lipinski definition) is 2. The molecule has 1 aromatic rings. The van der Waals surface area contributed by atoms with Gasteiger partial charge in [0.15, 0.2) is 0 Å². The van der Waals surface area contributed by atoms with Gasteiger partial charge in [-0.25, -0.2) is 0 Å². The fourth-order valence-corrected chi connectivity index (χ4v) is 2.44. The van der Waals surface area contributed by atoms with Crippen molar-refractivity contribution >= 4 is 11.6 Å². The van der Waals surface area contributed by atoms with Crippen molar-refractivity contribution < 1.29 is 9.90 Å². The quantitative estimate of drug-likeness (QED) is 0.662. The normalized spacial score (nSPS) is 18.1. The molecule has 20 heavy (non-hydrogen) atoms. The van der Waals surface area contributed by atoms with E-state index in [-0.39, 0.29) is 18.4 Å². The maximum Gasteiger partial charge on any atom is 0.229 e. The minimum atomic E-state index is 0.0755. The molecule has 1 aliphatic heterocycles. The number of anilines is 1. The van der Waals surface area contributed by atoms with Crippen LogP contribution in [0.2, 0.25) is 0 Å². The molecule has 0 unspecified atom stereocenters. The van der Waals surface area contributed by atoms with E-state index in [1.165, 1.54) is 5.56 Å². The van der Waals surface area contributed by atoms with Crippen LogP contribution in [0, 0.1) is 17.8 Å². The maximum atomic E-state index is 12.2. The van der Waals surface area contributed by atoms with E-state index in [0.29, 0.717) is 12.8 Å². The largest absolute Gasteiger partial charge is 0.396 e. The number of unbranched alkanes of at least 4 members (excludes halogenated alkanes) is 1. The Bertz CT molecular complexity index is 554. The van der Waals surface area contributed by atoms with Crippen molar-refractivity contribution in [2.24, 2.45) is 5.92 Å².